The van der Waals surface area contributed by atoms with Gasteiger partial charge in [-0.25, -0.2) is 13.6 Å². The molecule has 2 rings (SSSR count). The molecule has 24 heavy (non-hydrogen) atoms. The van der Waals surface area contributed by atoms with Crippen molar-refractivity contribution in [2.45, 2.75) is 13.2 Å². The fourth-order valence-corrected chi connectivity index (χ4v) is 2.02. The topological polar surface area (TPSA) is 70.6 Å². The van der Waals surface area contributed by atoms with E-state index in [2.05, 4.69) is 10.6 Å². The predicted molar refractivity (Wildman–Crippen MR) is 84.5 cm³/mol. The summed E-state index contributed by atoms with van der Waals surface area (Å²) in [7, 11) is 0. The minimum Gasteiger partial charge on any atom is -0.492 e. The maximum absolute atomic E-state index is 13.0. The van der Waals surface area contributed by atoms with Crippen molar-refractivity contribution < 1.29 is 23.4 Å². The zero-order valence-corrected chi connectivity index (χ0v) is 12.9. The van der Waals surface area contributed by atoms with Gasteiger partial charge in [0, 0.05) is 12.6 Å². The Morgan fingerprint density at radius 3 is 2.50 bits per heavy atom. The minimum atomic E-state index is -0.985. The van der Waals surface area contributed by atoms with Crippen LogP contribution in [0.15, 0.2) is 42.5 Å². The van der Waals surface area contributed by atoms with Crippen LogP contribution in [0, 0.1) is 11.6 Å². The second kappa shape index (κ2) is 8.83. The third-order valence-electron chi connectivity index (χ3n) is 3.28. The summed E-state index contributed by atoms with van der Waals surface area (Å²) >= 11 is 0. The lowest BCUT2D eigenvalue weighted by molar-refractivity contribution is 0.235. The van der Waals surface area contributed by atoms with Crippen molar-refractivity contribution in [1.82, 2.24) is 10.6 Å². The molecule has 0 bridgehead atoms. The summed E-state index contributed by atoms with van der Waals surface area (Å²) in [6.45, 7) is 0.506. The SMILES string of the molecule is O=C(NCCOc1ccc(F)c(F)c1)NCc1ccccc1CO. The maximum atomic E-state index is 13.0. The Labute approximate surface area is 138 Å². The molecule has 0 fully saturated rings. The van der Waals surface area contributed by atoms with Crippen LogP contribution in [0.5, 0.6) is 5.75 Å². The molecule has 128 valence electrons. The van der Waals surface area contributed by atoms with Crippen molar-refractivity contribution in [2.24, 2.45) is 0 Å². The van der Waals surface area contributed by atoms with Crippen molar-refractivity contribution in [3.63, 3.8) is 0 Å². The quantitative estimate of drug-likeness (QED) is 0.680. The van der Waals surface area contributed by atoms with Crippen molar-refractivity contribution in [1.29, 1.82) is 0 Å². The number of carbonyl (C=O) groups is 1. The van der Waals surface area contributed by atoms with Crippen LogP contribution in [0.25, 0.3) is 0 Å². The van der Waals surface area contributed by atoms with Crippen molar-refractivity contribution in [3.8, 4) is 5.75 Å². The van der Waals surface area contributed by atoms with E-state index in [4.69, 9.17) is 4.74 Å². The van der Waals surface area contributed by atoms with Crippen LogP contribution in [0.3, 0.4) is 0 Å². The second-order valence-corrected chi connectivity index (χ2v) is 4.96. The van der Waals surface area contributed by atoms with Crippen molar-refractivity contribution in [3.05, 3.63) is 65.2 Å². The predicted octanol–water partition coefficient (Wildman–Crippen LogP) is 2.34. The van der Waals surface area contributed by atoms with Crippen molar-refractivity contribution >= 4 is 6.03 Å². The smallest absolute Gasteiger partial charge is 0.315 e. The first-order valence-corrected chi connectivity index (χ1v) is 7.37. The van der Waals surface area contributed by atoms with Gasteiger partial charge in [0.1, 0.15) is 12.4 Å². The van der Waals surface area contributed by atoms with Crippen LogP contribution < -0.4 is 15.4 Å². The number of amides is 2. The first-order chi connectivity index (χ1) is 11.6. The summed E-state index contributed by atoms with van der Waals surface area (Å²) in [6, 6.07) is 10.1. The third kappa shape index (κ3) is 5.20. The third-order valence-corrected chi connectivity index (χ3v) is 3.28. The molecule has 0 spiro atoms. The van der Waals surface area contributed by atoms with E-state index in [1.54, 1.807) is 6.07 Å². The Hall–Kier alpha value is -2.67. The van der Waals surface area contributed by atoms with Crippen LogP contribution in [-0.2, 0) is 13.2 Å². The molecule has 0 aliphatic carbocycles. The summed E-state index contributed by atoms with van der Waals surface area (Å²) in [5.74, 6) is -1.74. The van der Waals surface area contributed by atoms with Crippen LogP contribution in [0.1, 0.15) is 11.1 Å². The molecule has 0 unspecified atom stereocenters. The molecule has 0 aliphatic heterocycles. The number of aliphatic hydroxyl groups excluding tert-OH is 1. The molecule has 2 aromatic rings. The highest BCUT2D eigenvalue weighted by molar-refractivity contribution is 5.73. The molecule has 0 saturated heterocycles. The van der Waals surface area contributed by atoms with E-state index in [0.717, 1.165) is 23.3 Å². The zero-order valence-electron chi connectivity index (χ0n) is 12.9. The van der Waals surface area contributed by atoms with E-state index >= 15 is 0 Å². The first-order valence-electron chi connectivity index (χ1n) is 7.37. The molecule has 0 heterocycles. The lowest BCUT2D eigenvalue weighted by Crippen LogP contribution is -2.37. The molecular formula is C17H18F2N2O3. The van der Waals surface area contributed by atoms with Crippen LogP contribution in [0.2, 0.25) is 0 Å². The van der Waals surface area contributed by atoms with Gasteiger partial charge in [-0.15, -0.1) is 0 Å². The fourth-order valence-electron chi connectivity index (χ4n) is 2.02. The van der Waals surface area contributed by atoms with E-state index in [1.165, 1.54) is 6.07 Å². The Morgan fingerprint density at radius 1 is 1.04 bits per heavy atom. The number of nitrogens with one attached hydrogen (secondary N) is 2. The molecule has 0 radical (unpaired) electrons. The lowest BCUT2D eigenvalue weighted by atomic mass is 10.1. The van der Waals surface area contributed by atoms with Gasteiger partial charge in [-0.1, -0.05) is 24.3 Å². The van der Waals surface area contributed by atoms with E-state index in [0.29, 0.717) is 0 Å². The zero-order chi connectivity index (χ0) is 17.4. The van der Waals surface area contributed by atoms with Crippen LogP contribution in [-0.4, -0.2) is 24.3 Å². The monoisotopic (exact) mass is 336 g/mol. The Morgan fingerprint density at radius 2 is 1.79 bits per heavy atom. The number of halogens is 2. The van der Waals surface area contributed by atoms with E-state index in [-0.39, 0.29) is 32.1 Å². The number of rotatable bonds is 7. The molecular weight excluding hydrogens is 318 g/mol. The standard InChI is InChI=1S/C17H18F2N2O3/c18-15-6-5-14(9-16(15)19)24-8-7-20-17(23)21-10-12-3-1-2-4-13(12)11-22/h1-6,9,22H,7-8,10-11H2,(H2,20,21,23). The molecule has 2 amide bonds. The van der Waals surface area contributed by atoms with Gasteiger partial charge in [-0.2, -0.15) is 0 Å². The second-order valence-electron chi connectivity index (χ2n) is 4.96. The number of carbonyl (C=O) groups excluding carboxylic acids is 1. The number of hydrogen-bond donors (Lipinski definition) is 3. The summed E-state index contributed by atoms with van der Waals surface area (Å²) in [5.41, 5.74) is 1.58. The number of hydrogen-bond acceptors (Lipinski definition) is 3. The molecule has 3 N–H and O–H groups in total. The normalized spacial score (nSPS) is 10.3. The molecule has 7 heteroatoms. The van der Waals surface area contributed by atoms with Crippen LogP contribution in [0.4, 0.5) is 13.6 Å². The van der Waals surface area contributed by atoms with Gasteiger partial charge in [-0.3, -0.25) is 0 Å². The number of ether oxygens (including phenoxy) is 1. The average Bonchev–Trinajstić information content (AvgIpc) is 2.60. The van der Waals surface area contributed by atoms with Gasteiger partial charge in [0.05, 0.1) is 13.2 Å². The number of benzene rings is 2. The Bertz CT molecular complexity index is 695. The summed E-state index contributed by atoms with van der Waals surface area (Å²) in [4.78, 5) is 11.7. The molecule has 5 nitrogen and oxygen atoms in total. The molecule has 0 atom stereocenters. The van der Waals surface area contributed by atoms with E-state index < -0.39 is 17.7 Å². The highest BCUT2D eigenvalue weighted by atomic mass is 19.2. The van der Waals surface area contributed by atoms with Gasteiger partial charge in [0.2, 0.25) is 0 Å². The van der Waals surface area contributed by atoms with Gasteiger partial charge in [-0.05, 0) is 23.3 Å². The van der Waals surface area contributed by atoms with Gasteiger partial charge >= 0.3 is 6.03 Å². The average molecular weight is 336 g/mol. The first kappa shape index (κ1) is 17.7. The minimum absolute atomic E-state index is 0.0957. The highest BCUT2D eigenvalue weighted by Gasteiger charge is 2.05. The van der Waals surface area contributed by atoms with Gasteiger partial charge in [0.15, 0.2) is 11.6 Å². The van der Waals surface area contributed by atoms with Gasteiger partial charge < -0.3 is 20.5 Å². The summed E-state index contributed by atoms with van der Waals surface area (Å²) in [5, 5.41) is 14.5. The highest BCUT2D eigenvalue weighted by Crippen LogP contribution is 2.15. The molecule has 0 saturated carbocycles. The number of aliphatic hydroxyl groups is 1. The van der Waals surface area contributed by atoms with Gasteiger partial charge in [0.25, 0.3) is 0 Å². The Kier molecular flexibility index (Phi) is 6.51. The summed E-state index contributed by atoms with van der Waals surface area (Å²) < 4.78 is 31.0. The van der Waals surface area contributed by atoms with Crippen molar-refractivity contribution in [2.75, 3.05) is 13.2 Å². The fraction of sp³-hybridized carbons (Fsp3) is 0.235. The largest absolute Gasteiger partial charge is 0.492 e. The van der Waals surface area contributed by atoms with Crippen LogP contribution >= 0.6 is 0 Å². The number of urea groups is 1. The Balaban J connectivity index is 1.69. The molecule has 0 aromatic heterocycles. The lowest BCUT2D eigenvalue weighted by Gasteiger charge is -2.11. The van der Waals surface area contributed by atoms with E-state index in [1.807, 2.05) is 18.2 Å². The molecule has 2 aromatic carbocycles. The molecule has 0 aliphatic rings. The summed E-state index contributed by atoms with van der Waals surface area (Å²) in [6.07, 6.45) is 0. The maximum Gasteiger partial charge on any atom is 0.315 e. The van der Waals surface area contributed by atoms with E-state index in [9.17, 15) is 18.7 Å².